The van der Waals surface area contributed by atoms with Crippen molar-refractivity contribution < 1.29 is 14.6 Å². The Balaban J connectivity index is 1.73. The normalized spacial score (nSPS) is 10.9. The fourth-order valence-corrected chi connectivity index (χ4v) is 3.11. The van der Waals surface area contributed by atoms with Gasteiger partial charge in [-0.1, -0.05) is 48.0 Å². The predicted molar refractivity (Wildman–Crippen MR) is 103 cm³/mol. The van der Waals surface area contributed by atoms with Crippen molar-refractivity contribution in [3.05, 3.63) is 77.7 Å². The molecule has 1 aromatic heterocycles. The first-order valence-electron chi connectivity index (χ1n) is 8.14. The standard InChI is InChI=1S/C21H14ClFN2O2/c22-18-9-16(19(26)10-20(18)27)21-17(11-24-25-21)14-3-1-12(2-4-14)13-5-7-15(23)8-6-13/h1-11,26-27H,(H,24,25). The van der Waals surface area contributed by atoms with Crippen LogP contribution in [0.5, 0.6) is 11.5 Å². The lowest BCUT2D eigenvalue weighted by atomic mass is 9.98. The maximum Gasteiger partial charge on any atom is 0.137 e. The zero-order valence-electron chi connectivity index (χ0n) is 13.9. The molecular weight excluding hydrogens is 367 g/mol. The van der Waals surface area contributed by atoms with E-state index in [0.29, 0.717) is 11.3 Å². The highest BCUT2D eigenvalue weighted by molar-refractivity contribution is 6.32. The average molecular weight is 381 g/mol. The van der Waals surface area contributed by atoms with E-state index in [0.717, 1.165) is 22.3 Å². The molecule has 0 aliphatic rings. The third kappa shape index (κ3) is 3.25. The minimum Gasteiger partial charge on any atom is -0.507 e. The van der Waals surface area contributed by atoms with Crippen LogP contribution in [-0.2, 0) is 0 Å². The quantitative estimate of drug-likeness (QED) is 0.432. The van der Waals surface area contributed by atoms with E-state index in [2.05, 4.69) is 10.2 Å². The number of halogens is 2. The Kier molecular flexibility index (Phi) is 4.30. The lowest BCUT2D eigenvalue weighted by Gasteiger charge is -2.09. The molecule has 4 aromatic rings. The first kappa shape index (κ1) is 17.1. The number of hydrogen-bond donors (Lipinski definition) is 3. The van der Waals surface area contributed by atoms with Crippen molar-refractivity contribution >= 4 is 11.6 Å². The van der Waals surface area contributed by atoms with Gasteiger partial charge in [0.1, 0.15) is 17.3 Å². The fourth-order valence-electron chi connectivity index (χ4n) is 2.95. The number of aromatic hydroxyl groups is 2. The maximum absolute atomic E-state index is 13.1. The summed E-state index contributed by atoms with van der Waals surface area (Å²) in [4.78, 5) is 0. The van der Waals surface area contributed by atoms with Gasteiger partial charge in [0.2, 0.25) is 0 Å². The van der Waals surface area contributed by atoms with Crippen molar-refractivity contribution in [2.45, 2.75) is 0 Å². The third-order valence-electron chi connectivity index (χ3n) is 4.35. The van der Waals surface area contributed by atoms with Crippen LogP contribution in [0.15, 0.2) is 66.9 Å². The van der Waals surface area contributed by atoms with Crippen LogP contribution in [0, 0.1) is 5.82 Å². The van der Waals surface area contributed by atoms with E-state index < -0.39 is 0 Å². The van der Waals surface area contributed by atoms with E-state index in [1.165, 1.54) is 24.3 Å². The van der Waals surface area contributed by atoms with Crippen LogP contribution in [0.25, 0.3) is 33.5 Å². The molecular formula is C21H14ClFN2O2. The first-order chi connectivity index (χ1) is 13.0. The molecule has 27 heavy (non-hydrogen) atoms. The fraction of sp³-hybridized carbons (Fsp3) is 0. The summed E-state index contributed by atoms with van der Waals surface area (Å²) in [5.41, 5.74) is 4.56. The van der Waals surface area contributed by atoms with Crippen LogP contribution < -0.4 is 0 Å². The molecule has 0 radical (unpaired) electrons. The Morgan fingerprint density at radius 2 is 1.37 bits per heavy atom. The third-order valence-corrected chi connectivity index (χ3v) is 4.65. The van der Waals surface area contributed by atoms with Gasteiger partial charge in [0.25, 0.3) is 0 Å². The molecule has 3 N–H and O–H groups in total. The molecule has 0 bridgehead atoms. The number of nitrogens with one attached hydrogen (secondary N) is 1. The number of benzene rings is 3. The van der Waals surface area contributed by atoms with Crippen molar-refractivity contribution in [2.75, 3.05) is 0 Å². The second-order valence-electron chi connectivity index (χ2n) is 6.06. The minimum absolute atomic E-state index is 0.106. The van der Waals surface area contributed by atoms with E-state index in [9.17, 15) is 14.6 Å². The minimum atomic E-state index is -0.272. The number of aromatic nitrogens is 2. The Morgan fingerprint density at radius 3 is 2.04 bits per heavy atom. The molecule has 0 aliphatic heterocycles. The topological polar surface area (TPSA) is 69.1 Å². The van der Waals surface area contributed by atoms with Gasteiger partial charge in [-0.25, -0.2) is 4.39 Å². The highest BCUT2D eigenvalue weighted by atomic mass is 35.5. The molecule has 0 saturated carbocycles. The highest BCUT2D eigenvalue weighted by Crippen LogP contribution is 2.40. The summed E-state index contributed by atoms with van der Waals surface area (Å²) in [6.45, 7) is 0. The Labute approximate surface area is 159 Å². The van der Waals surface area contributed by atoms with E-state index >= 15 is 0 Å². The smallest absolute Gasteiger partial charge is 0.137 e. The second kappa shape index (κ2) is 6.78. The summed E-state index contributed by atoms with van der Waals surface area (Å²) < 4.78 is 13.1. The van der Waals surface area contributed by atoms with Crippen LogP contribution in [-0.4, -0.2) is 20.4 Å². The lowest BCUT2D eigenvalue weighted by molar-refractivity contribution is 0.452. The van der Waals surface area contributed by atoms with Crippen molar-refractivity contribution in [1.29, 1.82) is 0 Å². The van der Waals surface area contributed by atoms with E-state index in [-0.39, 0.29) is 22.3 Å². The molecule has 134 valence electrons. The zero-order valence-corrected chi connectivity index (χ0v) is 14.7. The number of aromatic amines is 1. The molecule has 4 nitrogen and oxygen atoms in total. The number of hydrogen-bond acceptors (Lipinski definition) is 3. The van der Waals surface area contributed by atoms with Crippen molar-refractivity contribution in [1.82, 2.24) is 10.2 Å². The molecule has 1 heterocycles. The SMILES string of the molecule is Oc1cc(O)c(-c2[nH]ncc2-c2ccc(-c3ccc(F)cc3)cc2)cc1Cl. The van der Waals surface area contributed by atoms with E-state index in [1.54, 1.807) is 18.3 Å². The molecule has 3 aromatic carbocycles. The predicted octanol–water partition coefficient (Wildman–Crippen LogP) is 5.61. The van der Waals surface area contributed by atoms with Gasteiger partial charge >= 0.3 is 0 Å². The highest BCUT2D eigenvalue weighted by Gasteiger charge is 2.16. The summed E-state index contributed by atoms with van der Waals surface area (Å²) in [5, 5.41) is 26.9. The monoisotopic (exact) mass is 380 g/mol. The van der Waals surface area contributed by atoms with Gasteiger partial charge in [0.15, 0.2) is 0 Å². The molecule has 0 spiro atoms. The summed E-state index contributed by atoms with van der Waals surface area (Å²) in [6, 6.07) is 16.7. The van der Waals surface area contributed by atoms with Crippen molar-refractivity contribution in [3.63, 3.8) is 0 Å². The summed E-state index contributed by atoms with van der Waals surface area (Å²) >= 11 is 5.98. The number of phenolic OH excluding ortho intramolecular Hbond substituents is 2. The van der Waals surface area contributed by atoms with Gasteiger partial charge < -0.3 is 10.2 Å². The Morgan fingerprint density at radius 1 is 0.778 bits per heavy atom. The molecule has 0 amide bonds. The molecule has 0 saturated heterocycles. The van der Waals surface area contributed by atoms with Gasteiger partial charge in [-0.05, 0) is 34.9 Å². The van der Waals surface area contributed by atoms with Gasteiger partial charge in [-0.15, -0.1) is 0 Å². The Bertz CT molecular complexity index is 1110. The van der Waals surface area contributed by atoms with Crippen molar-refractivity contribution in [3.8, 4) is 45.0 Å². The van der Waals surface area contributed by atoms with Crippen LogP contribution in [0.2, 0.25) is 5.02 Å². The number of H-pyrrole nitrogens is 1. The summed E-state index contributed by atoms with van der Waals surface area (Å²) in [5.74, 6) is -0.571. The largest absolute Gasteiger partial charge is 0.507 e. The maximum atomic E-state index is 13.1. The van der Waals surface area contributed by atoms with Gasteiger partial charge in [0.05, 0.1) is 16.9 Å². The first-order valence-corrected chi connectivity index (χ1v) is 8.52. The van der Waals surface area contributed by atoms with Crippen molar-refractivity contribution in [2.24, 2.45) is 0 Å². The molecule has 6 heteroatoms. The molecule has 0 unspecified atom stereocenters. The second-order valence-corrected chi connectivity index (χ2v) is 6.47. The van der Waals surface area contributed by atoms with E-state index in [4.69, 9.17) is 11.6 Å². The number of phenols is 2. The number of nitrogens with zero attached hydrogens (tertiary/aromatic N) is 1. The van der Waals surface area contributed by atoms with Crippen LogP contribution in [0.4, 0.5) is 4.39 Å². The summed E-state index contributed by atoms with van der Waals surface area (Å²) in [7, 11) is 0. The lowest BCUT2D eigenvalue weighted by Crippen LogP contribution is -1.85. The molecule has 4 rings (SSSR count). The van der Waals surface area contributed by atoms with Gasteiger partial charge in [0, 0.05) is 17.2 Å². The van der Waals surface area contributed by atoms with Gasteiger partial charge in [-0.2, -0.15) is 5.10 Å². The van der Waals surface area contributed by atoms with Crippen LogP contribution >= 0.6 is 11.6 Å². The zero-order chi connectivity index (χ0) is 19.0. The van der Waals surface area contributed by atoms with Crippen LogP contribution in [0.1, 0.15) is 0 Å². The molecule has 0 fully saturated rings. The van der Waals surface area contributed by atoms with Crippen LogP contribution in [0.3, 0.4) is 0 Å². The van der Waals surface area contributed by atoms with Gasteiger partial charge in [-0.3, -0.25) is 5.10 Å². The average Bonchev–Trinajstić information content (AvgIpc) is 3.15. The molecule has 0 atom stereocenters. The molecule has 0 aliphatic carbocycles. The van der Waals surface area contributed by atoms with E-state index in [1.807, 2.05) is 24.3 Å². The summed E-state index contributed by atoms with van der Waals surface area (Å²) in [6.07, 6.45) is 1.66. The Hall–Kier alpha value is -3.31. The number of rotatable bonds is 3.